The standard InChI is InChI=1S/C11H25NS/c1-6-11(9(2)3)12-10(4)7-8-13-5/h9-12H,6-8H2,1-5H3. The molecule has 0 radical (unpaired) electrons. The summed E-state index contributed by atoms with van der Waals surface area (Å²) in [5, 5.41) is 3.69. The van der Waals surface area contributed by atoms with Gasteiger partial charge in [-0.3, -0.25) is 0 Å². The molecule has 0 bridgehead atoms. The van der Waals surface area contributed by atoms with Crippen molar-refractivity contribution in [1.29, 1.82) is 0 Å². The zero-order valence-corrected chi connectivity index (χ0v) is 10.6. The molecule has 2 atom stereocenters. The maximum Gasteiger partial charge on any atom is 0.00899 e. The molecule has 0 aliphatic carbocycles. The number of thioether (sulfide) groups is 1. The summed E-state index contributed by atoms with van der Waals surface area (Å²) in [7, 11) is 0. The summed E-state index contributed by atoms with van der Waals surface area (Å²) < 4.78 is 0. The summed E-state index contributed by atoms with van der Waals surface area (Å²) in [6.45, 7) is 9.14. The Hall–Kier alpha value is 0.310. The average molecular weight is 203 g/mol. The summed E-state index contributed by atoms with van der Waals surface area (Å²) in [6, 6.07) is 1.36. The molecule has 0 fully saturated rings. The van der Waals surface area contributed by atoms with Gasteiger partial charge < -0.3 is 5.32 Å². The van der Waals surface area contributed by atoms with Crippen LogP contribution >= 0.6 is 11.8 Å². The topological polar surface area (TPSA) is 12.0 Å². The fourth-order valence-corrected chi connectivity index (χ4v) is 2.11. The molecule has 80 valence electrons. The van der Waals surface area contributed by atoms with Crippen LogP contribution < -0.4 is 5.32 Å². The van der Waals surface area contributed by atoms with E-state index in [0.29, 0.717) is 12.1 Å². The van der Waals surface area contributed by atoms with Crippen LogP contribution in [-0.2, 0) is 0 Å². The lowest BCUT2D eigenvalue weighted by Crippen LogP contribution is -2.39. The second-order valence-corrected chi connectivity index (χ2v) is 5.09. The maximum atomic E-state index is 3.69. The third-order valence-corrected chi connectivity index (χ3v) is 3.14. The maximum absolute atomic E-state index is 3.69. The molecule has 1 N–H and O–H groups in total. The Labute approximate surface area is 88.1 Å². The predicted octanol–water partition coefficient (Wildman–Crippen LogP) is 3.15. The summed E-state index contributed by atoms with van der Waals surface area (Å²) in [4.78, 5) is 0. The fourth-order valence-electron chi connectivity index (χ4n) is 1.53. The molecular weight excluding hydrogens is 178 g/mol. The molecule has 0 aromatic carbocycles. The quantitative estimate of drug-likeness (QED) is 0.682. The van der Waals surface area contributed by atoms with Crippen LogP contribution in [0.2, 0.25) is 0 Å². The molecule has 0 aromatic heterocycles. The zero-order chi connectivity index (χ0) is 10.3. The van der Waals surface area contributed by atoms with Gasteiger partial charge in [0.2, 0.25) is 0 Å². The minimum atomic E-state index is 0.666. The van der Waals surface area contributed by atoms with Gasteiger partial charge in [-0.15, -0.1) is 0 Å². The highest BCUT2D eigenvalue weighted by molar-refractivity contribution is 7.98. The summed E-state index contributed by atoms with van der Waals surface area (Å²) in [6.07, 6.45) is 4.69. The largest absolute Gasteiger partial charge is 0.311 e. The SMILES string of the molecule is CCC(NC(C)CCSC)C(C)C. The van der Waals surface area contributed by atoms with E-state index >= 15 is 0 Å². The molecule has 13 heavy (non-hydrogen) atoms. The van der Waals surface area contributed by atoms with Gasteiger partial charge >= 0.3 is 0 Å². The normalized spacial score (nSPS) is 16.2. The van der Waals surface area contributed by atoms with Gasteiger partial charge in [0.05, 0.1) is 0 Å². The van der Waals surface area contributed by atoms with Crippen LogP contribution in [0.4, 0.5) is 0 Å². The second kappa shape index (κ2) is 7.69. The molecule has 0 heterocycles. The second-order valence-electron chi connectivity index (χ2n) is 4.11. The van der Waals surface area contributed by atoms with Crippen LogP contribution in [0.3, 0.4) is 0 Å². The van der Waals surface area contributed by atoms with Crippen molar-refractivity contribution in [2.75, 3.05) is 12.0 Å². The summed E-state index contributed by atoms with van der Waals surface area (Å²) in [5.41, 5.74) is 0. The monoisotopic (exact) mass is 203 g/mol. The van der Waals surface area contributed by atoms with Crippen molar-refractivity contribution in [3.05, 3.63) is 0 Å². The van der Waals surface area contributed by atoms with Crippen LogP contribution in [0.1, 0.15) is 40.5 Å². The Morgan fingerprint density at radius 1 is 1.23 bits per heavy atom. The molecule has 0 aliphatic rings. The lowest BCUT2D eigenvalue weighted by atomic mass is 10.0. The van der Waals surface area contributed by atoms with E-state index < -0.39 is 0 Å². The highest BCUT2D eigenvalue weighted by Gasteiger charge is 2.12. The number of hydrogen-bond acceptors (Lipinski definition) is 2. The van der Waals surface area contributed by atoms with Gasteiger partial charge in [-0.25, -0.2) is 0 Å². The molecule has 2 heteroatoms. The minimum Gasteiger partial charge on any atom is -0.311 e. The Bertz CT molecular complexity index is 115. The van der Waals surface area contributed by atoms with Crippen molar-refractivity contribution < 1.29 is 0 Å². The van der Waals surface area contributed by atoms with Crippen LogP contribution in [0, 0.1) is 5.92 Å². The van der Waals surface area contributed by atoms with Crippen LogP contribution in [0.25, 0.3) is 0 Å². The first-order chi connectivity index (χ1) is 6.11. The molecule has 1 nitrogen and oxygen atoms in total. The molecule has 0 saturated carbocycles. The van der Waals surface area contributed by atoms with Crippen LogP contribution in [0.15, 0.2) is 0 Å². The number of nitrogens with one attached hydrogen (secondary N) is 1. The average Bonchev–Trinajstić information content (AvgIpc) is 2.10. The van der Waals surface area contributed by atoms with Crippen molar-refractivity contribution in [3.8, 4) is 0 Å². The van der Waals surface area contributed by atoms with Gasteiger partial charge in [0.25, 0.3) is 0 Å². The first kappa shape index (κ1) is 13.3. The molecule has 0 aliphatic heterocycles. The van der Waals surface area contributed by atoms with E-state index in [-0.39, 0.29) is 0 Å². The van der Waals surface area contributed by atoms with Crippen molar-refractivity contribution in [3.63, 3.8) is 0 Å². The van der Waals surface area contributed by atoms with Gasteiger partial charge in [0.15, 0.2) is 0 Å². The van der Waals surface area contributed by atoms with Gasteiger partial charge in [-0.2, -0.15) is 11.8 Å². The van der Waals surface area contributed by atoms with Gasteiger partial charge in [-0.1, -0.05) is 20.8 Å². The third kappa shape index (κ3) is 6.39. The zero-order valence-electron chi connectivity index (χ0n) is 9.76. The minimum absolute atomic E-state index is 0.666. The van der Waals surface area contributed by atoms with E-state index in [0.717, 1.165) is 5.92 Å². The van der Waals surface area contributed by atoms with Crippen molar-refractivity contribution in [1.82, 2.24) is 5.32 Å². The molecular formula is C11H25NS. The number of rotatable bonds is 7. The molecule has 2 unspecified atom stereocenters. The highest BCUT2D eigenvalue weighted by atomic mass is 32.2. The third-order valence-electron chi connectivity index (χ3n) is 2.50. The van der Waals surface area contributed by atoms with Gasteiger partial charge in [0.1, 0.15) is 0 Å². The first-order valence-corrected chi connectivity index (χ1v) is 6.76. The Morgan fingerprint density at radius 2 is 1.85 bits per heavy atom. The predicted molar refractivity (Wildman–Crippen MR) is 64.5 cm³/mol. The fraction of sp³-hybridized carbons (Fsp3) is 1.00. The van der Waals surface area contributed by atoms with Crippen molar-refractivity contribution >= 4 is 11.8 Å². The molecule has 0 saturated heterocycles. The van der Waals surface area contributed by atoms with E-state index in [1.54, 1.807) is 0 Å². The Kier molecular flexibility index (Phi) is 7.87. The summed E-state index contributed by atoms with van der Waals surface area (Å²) in [5.74, 6) is 2.02. The van der Waals surface area contributed by atoms with E-state index in [2.05, 4.69) is 39.3 Å². The lowest BCUT2D eigenvalue weighted by Gasteiger charge is -2.25. The van der Waals surface area contributed by atoms with E-state index in [9.17, 15) is 0 Å². The van der Waals surface area contributed by atoms with Crippen molar-refractivity contribution in [2.45, 2.75) is 52.6 Å². The summed E-state index contributed by atoms with van der Waals surface area (Å²) >= 11 is 1.93. The van der Waals surface area contributed by atoms with Gasteiger partial charge in [0, 0.05) is 12.1 Å². The van der Waals surface area contributed by atoms with E-state index in [1.165, 1.54) is 18.6 Å². The highest BCUT2D eigenvalue weighted by Crippen LogP contribution is 2.08. The van der Waals surface area contributed by atoms with Crippen LogP contribution in [0.5, 0.6) is 0 Å². The Balaban J connectivity index is 3.66. The van der Waals surface area contributed by atoms with Crippen LogP contribution in [-0.4, -0.2) is 24.1 Å². The van der Waals surface area contributed by atoms with E-state index in [4.69, 9.17) is 0 Å². The molecule has 0 rings (SSSR count). The van der Waals surface area contributed by atoms with Crippen molar-refractivity contribution in [2.24, 2.45) is 5.92 Å². The van der Waals surface area contributed by atoms with E-state index in [1.807, 2.05) is 11.8 Å². The lowest BCUT2D eigenvalue weighted by molar-refractivity contribution is 0.349. The smallest absolute Gasteiger partial charge is 0.00899 e. The first-order valence-electron chi connectivity index (χ1n) is 5.36. The van der Waals surface area contributed by atoms with Gasteiger partial charge in [-0.05, 0) is 37.7 Å². The Morgan fingerprint density at radius 3 is 2.23 bits per heavy atom. The molecule has 0 aromatic rings. The molecule has 0 spiro atoms. The number of hydrogen-bond donors (Lipinski definition) is 1. The molecule has 0 amide bonds.